The Labute approximate surface area is 148 Å². The molecule has 0 aromatic carbocycles. The monoisotopic (exact) mass is 339 g/mol. The number of nitrogens with one attached hydrogen (secondary N) is 1. The summed E-state index contributed by atoms with van der Waals surface area (Å²) in [7, 11) is 1.81. The Morgan fingerprint density at radius 2 is 1.96 bits per heavy atom. The van der Waals surface area contributed by atoms with E-state index in [1.807, 2.05) is 12.1 Å². The van der Waals surface area contributed by atoms with E-state index in [0.717, 1.165) is 17.8 Å². The minimum absolute atomic E-state index is 0.0804. The lowest BCUT2D eigenvalue weighted by molar-refractivity contribution is 0.0790. The number of likely N-dealkylation sites (N-methyl/N-ethyl adjacent to an activating group) is 1. The molecule has 0 aliphatic heterocycles. The van der Waals surface area contributed by atoms with Crippen molar-refractivity contribution in [2.75, 3.05) is 18.9 Å². The van der Waals surface area contributed by atoms with Crippen LogP contribution in [0.3, 0.4) is 0 Å². The maximum Gasteiger partial charge on any atom is 0.272 e. The molecule has 1 aliphatic carbocycles. The van der Waals surface area contributed by atoms with Crippen LogP contribution in [0.15, 0.2) is 36.9 Å². The number of rotatable bonds is 6. The van der Waals surface area contributed by atoms with Gasteiger partial charge in [0.15, 0.2) is 0 Å². The Balaban J connectivity index is 1.58. The van der Waals surface area contributed by atoms with Crippen LogP contribution in [0.1, 0.15) is 48.2 Å². The smallest absolute Gasteiger partial charge is 0.272 e. The molecule has 2 aromatic rings. The van der Waals surface area contributed by atoms with Gasteiger partial charge in [-0.05, 0) is 37.0 Å². The van der Waals surface area contributed by atoms with Crippen LogP contribution in [-0.4, -0.2) is 45.4 Å². The van der Waals surface area contributed by atoms with Gasteiger partial charge in [0.1, 0.15) is 17.8 Å². The van der Waals surface area contributed by atoms with E-state index in [1.54, 1.807) is 30.4 Å². The predicted octanol–water partition coefficient (Wildman–Crippen LogP) is 2.93. The fourth-order valence-electron chi connectivity index (χ4n) is 3.15. The molecule has 1 amide bonds. The Morgan fingerprint density at radius 1 is 1.20 bits per heavy atom. The second-order valence-corrected chi connectivity index (χ2v) is 6.60. The molecule has 132 valence electrons. The highest BCUT2D eigenvalue weighted by Crippen LogP contribution is 2.20. The van der Waals surface area contributed by atoms with Crippen molar-refractivity contribution in [1.29, 1.82) is 0 Å². The number of amides is 1. The Hall–Kier alpha value is -2.50. The van der Waals surface area contributed by atoms with Crippen LogP contribution < -0.4 is 5.32 Å². The van der Waals surface area contributed by atoms with Crippen LogP contribution in [0.2, 0.25) is 0 Å². The average Bonchev–Trinajstić information content (AvgIpc) is 2.67. The SMILES string of the molecule is CN(CCc1ccncc1)C(=O)c1cc(NC2CCCCC2)ncn1. The van der Waals surface area contributed by atoms with Gasteiger partial charge in [0.05, 0.1) is 0 Å². The third-order valence-electron chi connectivity index (χ3n) is 4.68. The minimum atomic E-state index is -0.0804. The van der Waals surface area contributed by atoms with E-state index < -0.39 is 0 Å². The zero-order valence-electron chi connectivity index (χ0n) is 14.7. The Morgan fingerprint density at radius 3 is 2.72 bits per heavy atom. The molecule has 6 heteroatoms. The van der Waals surface area contributed by atoms with Gasteiger partial charge in [-0.3, -0.25) is 9.78 Å². The van der Waals surface area contributed by atoms with E-state index in [1.165, 1.54) is 38.4 Å². The quantitative estimate of drug-likeness (QED) is 0.876. The summed E-state index contributed by atoms with van der Waals surface area (Å²) in [6.07, 6.45) is 12.0. The summed E-state index contributed by atoms with van der Waals surface area (Å²) in [6.45, 7) is 0.637. The van der Waals surface area contributed by atoms with Crippen molar-refractivity contribution in [3.8, 4) is 0 Å². The summed E-state index contributed by atoms with van der Waals surface area (Å²) in [6, 6.07) is 6.15. The number of carbonyl (C=O) groups is 1. The van der Waals surface area contributed by atoms with Gasteiger partial charge < -0.3 is 10.2 Å². The first-order valence-electron chi connectivity index (χ1n) is 8.95. The van der Waals surface area contributed by atoms with Gasteiger partial charge in [-0.25, -0.2) is 9.97 Å². The summed E-state index contributed by atoms with van der Waals surface area (Å²) in [4.78, 5) is 26.7. The van der Waals surface area contributed by atoms with Gasteiger partial charge in [-0.2, -0.15) is 0 Å². The van der Waals surface area contributed by atoms with Gasteiger partial charge in [0.2, 0.25) is 0 Å². The molecular formula is C19H25N5O. The number of anilines is 1. The summed E-state index contributed by atoms with van der Waals surface area (Å²) in [5.74, 6) is 0.663. The van der Waals surface area contributed by atoms with Crippen LogP contribution in [0, 0.1) is 0 Å². The molecule has 1 aliphatic rings. The van der Waals surface area contributed by atoms with Crippen LogP contribution >= 0.6 is 0 Å². The van der Waals surface area contributed by atoms with Gasteiger partial charge in [0.25, 0.3) is 5.91 Å². The minimum Gasteiger partial charge on any atom is -0.367 e. The highest BCUT2D eigenvalue weighted by atomic mass is 16.2. The van der Waals surface area contributed by atoms with Crippen molar-refractivity contribution < 1.29 is 4.79 Å². The standard InChI is InChI=1S/C19H25N5O/c1-24(12-9-15-7-10-20-11-8-15)19(25)17-13-18(22-14-21-17)23-16-5-3-2-4-6-16/h7-8,10-11,13-14,16H,2-6,9,12H2,1H3,(H,21,22,23). The summed E-state index contributed by atoms with van der Waals surface area (Å²) in [5.41, 5.74) is 1.60. The molecule has 0 bridgehead atoms. The maximum absolute atomic E-state index is 12.6. The molecule has 0 unspecified atom stereocenters. The zero-order valence-corrected chi connectivity index (χ0v) is 14.7. The molecule has 3 rings (SSSR count). The fraction of sp³-hybridized carbons (Fsp3) is 0.474. The molecule has 0 atom stereocenters. The van der Waals surface area contributed by atoms with Crippen LogP contribution in [0.25, 0.3) is 0 Å². The summed E-state index contributed by atoms with van der Waals surface area (Å²) < 4.78 is 0. The van der Waals surface area contributed by atoms with Crippen LogP contribution in [0.4, 0.5) is 5.82 Å². The normalized spacial score (nSPS) is 14.9. The highest BCUT2D eigenvalue weighted by molar-refractivity contribution is 5.92. The average molecular weight is 339 g/mol. The molecule has 2 heterocycles. The van der Waals surface area contributed by atoms with E-state index in [0.29, 0.717) is 18.3 Å². The molecule has 6 nitrogen and oxygen atoms in total. The van der Waals surface area contributed by atoms with Gasteiger partial charge in [0, 0.05) is 38.1 Å². The van der Waals surface area contributed by atoms with Crippen molar-refractivity contribution >= 4 is 11.7 Å². The third kappa shape index (κ3) is 4.98. The van der Waals surface area contributed by atoms with E-state index in [2.05, 4.69) is 20.3 Å². The first kappa shape index (κ1) is 17.3. The van der Waals surface area contributed by atoms with E-state index in [9.17, 15) is 4.79 Å². The number of aromatic nitrogens is 3. The third-order valence-corrected chi connectivity index (χ3v) is 4.68. The van der Waals surface area contributed by atoms with Crippen LogP contribution in [0.5, 0.6) is 0 Å². The molecule has 0 spiro atoms. The fourth-order valence-corrected chi connectivity index (χ4v) is 3.15. The lowest BCUT2D eigenvalue weighted by Crippen LogP contribution is -2.30. The lowest BCUT2D eigenvalue weighted by Gasteiger charge is -2.23. The van der Waals surface area contributed by atoms with E-state index >= 15 is 0 Å². The number of pyridine rings is 1. The molecule has 1 fully saturated rings. The highest BCUT2D eigenvalue weighted by Gasteiger charge is 2.17. The number of hydrogen-bond donors (Lipinski definition) is 1. The van der Waals surface area contributed by atoms with Crippen molar-refractivity contribution in [3.63, 3.8) is 0 Å². The van der Waals surface area contributed by atoms with Gasteiger partial charge in [-0.1, -0.05) is 19.3 Å². The molecular weight excluding hydrogens is 314 g/mol. The zero-order chi connectivity index (χ0) is 17.5. The molecule has 25 heavy (non-hydrogen) atoms. The molecule has 0 saturated heterocycles. The van der Waals surface area contributed by atoms with Crippen molar-refractivity contribution in [1.82, 2.24) is 19.9 Å². The van der Waals surface area contributed by atoms with Crippen molar-refractivity contribution in [2.45, 2.75) is 44.6 Å². The second kappa shape index (κ2) is 8.55. The van der Waals surface area contributed by atoms with E-state index in [4.69, 9.17) is 0 Å². The van der Waals surface area contributed by atoms with E-state index in [-0.39, 0.29) is 5.91 Å². The maximum atomic E-state index is 12.6. The predicted molar refractivity (Wildman–Crippen MR) is 97.4 cm³/mol. The summed E-state index contributed by atoms with van der Waals surface area (Å²) in [5, 5.41) is 3.44. The molecule has 0 radical (unpaired) electrons. The van der Waals surface area contributed by atoms with Crippen molar-refractivity contribution in [2.24, 2.45) is 0 Å². The van der Waals surface area contributed by atoms with Crippen LogP contribution in [-0.2, 0) is 6.42 Å². The lowest BCUT2D eigenvalue weighted by atomic mass is 9.95. The summed E-state index contributed by atoms with van der Waals surface area (Å²) >= 11 is 0. The topological polar surface area (TPSA) is 71.0 Å². The number of hydrogen-bond acceptors (Lipinski definition) is 5. The molecule has 2 aromatic heterocycles. The molecule has 1 saturated carbocycles. The first-order valence-corrected chi connectivity index (χ1v) is 8.95. The largest absolute Gasteiger partial charge is 0.367 e. The first-order chi connectivity index (χ1) is 12.2. The van der Waals surface area contributed by atoms with Crippen molar-refractivity contribution in [3.05, 3.63) is 48.2 Å². The Bertz CT molecular complexity index is 685. The second-order valence-electron chi connectivity index (χ2n) is 6.60. The molecule has 1 N–H and O–H groups in total. The Kier molecular flexibility index (Phi) is 5.93. The van der Waals surface area contributed by atoms with Gasteiger partial charge in [-0.15, -0.1) is 0 Å². The number of carbonyl (C=O) groups excluding carboxylic acids is 1. The number of nitrogens with zero attached hydrogens (tertiary/aromatic N) is 4. The van der Waals surface area contributed by atoms with Gasteiger partial charge >= 0.3 is 0 Å².